The lowest BCUT2D eigenvalue weighted by atomic mass is 10.2. The highest BCUT2D eigenvalue weighted by Gasteiger charge is 2.15. The van der Waals surface area contributed by atoms with E-state index in [1.165, 1.54) is 16.9 Å². The largest absolute Gasteiger partial charge is 0.465 e. The molecule has 2 heterocycles. The van der Waals surface area contributed by atoms with E-state index in [2.05, 4.69) is 41.6 Å². The number of carbonyl (C=O) groups excluding carboxylic acids is 1. The van der Waals surface area contributed by atoms with Crippen molar-refractivity contribution in [3.05, 3.63) is 45.0 Å². The molecule has 0 radical (unpaired) electrons. The van der Waals surface area contributed by atoms with Crippen LogP contribution in [0.5, 0.6) is 0 Å². The second-order valence-corrected chi connectivity index (χ2v) is 7.50. The van der Waals surface area contributed by atoms with Gasteiger partial charge in [0.05, 0.1) is 7.11 Å². The maximum atomic E-state index is 11.7. The summed E-state index contributed by atoms with van der Waals surface area (Å²) < 4.78 is 10.4. The van der Waals surface area contributed by atoms with E-state index in [9.17, 15) is 4.79 Å². The molecule has 0 spiro atoms. The van der Waals surface area contributed by atoms with Crippen LogP contribution in [0, 0.1) is 13.8 Å². The Labute approximate surface area is 158 Å². The predicted molar refractivity (Wildman–Crippen MR) is 105 cm³/mol. The summed E-state index contributed by atoms with van der Waals surface area (Å²) in [6.45, 7) is 9.13. The second kappa shape index (κ2) is 9.43. The quantitative estimate of drug-likeness (QED) is 0.439. The summed E-state index contributed by atoms with van der Waals surface area (Å²) in [4.78, 5) is 18.9. The number of aryl methyl sites for hydroxylation is 2. The second-order valence-electron chi connectivity index (χ2n) is 6.13. The monoisotopic (exact) mass is 377 g/mol. The summed E-state index contributed by atoms with van der Waals surface area (Å²) >= 11 is 1.82. The third kappa shape index (κ3) is 5.62. The van der Waals surface area contributed by atoms with Gasteiger partial charge in [0.25, 0.3) is 0 Å². The highest BCUT2D eigenvalue weighted by atomic mass is 32.1. The zero-order valence-corrected chi connectivity index (χ0v) is 16.8. The Morgan fingerprint density at radius 1 is 1.38 bits per heavy atom. The van der Waals surface area contributed by atoms with E-state index in [4.69, 9.17) is 9.15 Å². The fourth-order valence-electron chi connectivity index (χ4n) is 2.59. The molecule has 0 bridgehead atoms. The Morgan fingerprint density at radius 2 is 2.15 bits per heavy atom. The number of aliphatic imine (C=N–C) groups is 1. The summed E-state index contributed by atoms with van der Waals surface area (Å²) in [6, 6.07) is 6.24. The molecule has 0 fully saturated rings. The van der Waals surface area contributed by atoms with Crippen molar-refractivity contribution >= 4 is 23.3 Å². The van der Waals surface area contributed by atoms with Crippen LogP contribution < -0.4 is 10.6 Å². The van der Waals surface area contributed by atoms with Gasteiger partial charge in [-0.2, -0.15) is 0 Å². The molecule has 2 aromatic rings. The van der Waals surface area contributed by atoms with E-state index in [0.29, 0.717) is 23.6 Å². The Morgan fingerprint density at radius 3 is 2.77 bits per heavy atom. The number of rotatable bonds is 7. The van der Waals surface area contributed by atoms with E-state index < -0.39 is 5.97 Å². The number of hydrogen-bond donors (Lipinski definition) is 2. The number of nitrogens with one attached hydrogen (secondary N) is 2. The Kier molecular flexibility index (Phi) is 7.26. The van der Waals surface area contributed by atoms with E-state index in [-0.39, 0.29) is 6.04 Å². The van der Waals surface area contributed by atoms with Crippen LogP contribution in [0.15, 0.2) is 27.6 Å². The molecule has 0 aromatic carbocycles. The molecule has 1 atom stereocenters. The van der Waals surface area contributed by atoms with Crippen molar-refractivity contribution in [1.82, 2.24) is 10.6 Å². The van der Waals surface area contributed by atoms with Crippen molar-refractivity contribution in [3.63, 3.8) is 0 Å². The van der Waals surface area contributed by atoms with Crippen molar-refractivity contribution in [3.8, 4) is 0 Å². The first-order valence-electron chi connectivity index (χ1n) is 8.70. The summed E-state index contributed by atoms with van der Waals surface area (Å²) in [5.41, 5.74) is 0.442. The van der Waals surface area contributed by atoms with Crippen LogP contribution in [-0.4, -0.2) is 31.6 Å². The number of thiophene rings is 1. The molecule has 26 heavy (non-hydrogen) atoms. The summed E-state index contributed by atoms with van der Waals surface area (Å²) in [6.07, 6.45) is 0.940. The van der Waals surface area contributed by atoms with Crippen LogP contribution in [0.25, 0.3) is 0 Å². The lowest BCUT2D eigenvalue weighted by Crippen LogP contribution is -2.43. The molecule has 2 aromatic heterocycles. The van der Waals surface area contributed by atoms with Gasteiger partial charge < -0.3 is 19.8 Å². The third-order valence-electron chi connectivity index (χ3n) is 3.80. The number of carbonyl (C=O) groups is 1. The number of furan rings is 1. The van der Waals surface area contributed by atoms with Gasteiger partial charge in [0.1, 0.15) is 23.6 Å². The average molecular weight is 378 g/mol. The van der Waals surface area contributed by atoms with Crippen LogP contribution in [0.4, 0.5) is 0 Å². The first kappa shape index (κ1) is 20.0. The predicted octanol–water partition coefficient (Wildman–Crippen LogP) is 3.43. The molecule has 2 N–H and O–H groups in total. The van der Waals surface area contributed by atoms with Gasteiger partial charge in [-0.1, -0.05) is 0 Å². The molecule has 2 rings (SSSR count). The molecule has 1 unspecified atom stereocenters. The minimum Gasteiger partial charge on any atom is -0.465 e. The normalized spacial score (nSPS) is 12.7. The molecule has 142 valence electrons. The van der Waals surface area contributed by atoms with Crippen molar-refractivity contribution in [2.24, 2.45) is 4.99 Å². The molecule has 6 nitrogen and oxygen atoms in total. The molecule has 0 aliphatic carbocycles. The van der Waals surface area contributed by atoms with Crippen LogP contribution >= 0.6 is 11.3 Å². The van der Waals surface area contributed by atoms with Gasteiger partial charge in [-0.15, -0.1) is 11.3 Å². The molecule has 0 aliphatic rings. The van der Waals surface area contributed by atoms with Gasteiger partial charge in [-0.05, 0) is 45.9 Å². The molecule has 0 saturated carbocycles. The van der Waals surface area contributed by atoms with E-state index in [0.717, 1.165) is 18.9 Å². The number of ether oxygens (including phenoxy) is 1. The first-order valence-corrected chi connectivity index (χ1v) is 9.52. The van der Waals surface area contributed by atoms with Gasteiger partial charge in [-0.25, -0.2) is 9.79 Å². The fraction of sp³-hybridized carbons (Fsp3) is 0.474. The summed E-state index contributed by atoms with van der Waals surface area (Å²) in [7, 11) is 1.36. The van der Waals surface area contributed by atoms with Gasteiger partial charge in [0.15, 0.2) is 5.96 Å². The molecule has 0 amide bonds. The smallest absolute Gasteiger partial charge is 0.341 e. The summed E-state index contributed by atoms with van der Waals surface area (Å²) in [5.74, 6) is 1.50. The zero-order valence-electron chi connectivity index (χ0n) is 16.0. The van der Waals surface area contributed by atoms with Crippen molar-refractivity contribution in [2.45, 2.75) is 46.7 Å². The summed E-state index contributed by atoms with van der Waals surface area (Å²) in [5, 5.41) is 6.65. The number of esters is 1. The van der Waals surface area contributed by atoms with E-state index in [1.54, 1.807) is 13.0 Å². The fourth-order valence-corrected chi connectivity index (χ4v) is 3.61. The van der Waals surface area contributed by atoms with Crippen molar-refractivity contribution in [2.75, 3.05) is 13.7 Å². The van der Waals surface area contributed by atoms with Gasteiger partial charge in [0.2, 0.25) is 0 Å². The minimum atomic E-state index is -0.397. The van der Waals surface area contributed by atoms with E-state index in [1.807, 2.05) is 18.3 Å². The van der Waals surface area contributed by atoms with Gasteiger partial charge in [-0.3, -0.25) is 0 Å². The number of nitrogens with zero attached hydrogens (tertiary/aromatic N) is 1. The highest BCUT2D eigenvalue weighted by molar-refractivity contribution is 7.11. The van der Waals surface area contributed by atoms with Crippen LogP contribution in [-0.2, 0) is 17.7 Å². The maximum Gasteiger partial charge on any atom is 0.341 e. The van der Waals surface area contributed by atoms with E-state index >= 15 is 0 Å². The van der Waals surface area contributed by atoms with Crippen molar-refractivity contribution < 1.29 is 13.9 Å². The standard InChI is InChI=1S/C19H27N3O3S/c1-6-20-19(22-12(2)9-16-8-7-13(3)26-16)21-11-15-10-17(14(4)25-15)18(23)24-5/h7-8,10,12H,6,9,11H2,1-5H3,(H2,20,21,22). The first-order chi connectivity index (χ1) is 12.4. The maximum absolute atomic E-state index is 11.7. The minimum absolute atomic E-state index is 0.245. The van der Waals surface area contributed by atoms with Gasteiger partial charge >= 0.3 is 5.97 Å². The molecule has 0 saturated heterocycles. The Bertz CT molecular complexity index is 764. The lowest BCUT2D eigenvalue weighted by Gasteiger charge is -2.17. The van der Waals surface area contributed by atoms with Crippen LogP contribution in [0.3, 0.4) is 0 Å². The number of hydrogen-bond acceptors (Lipinski definition) is 5. The Hall–Kier alpha value is -2.28. The lowest BCUT2D eigenvalue weighted by molar-refractivity contribution is 0.0599. The molecule has 7 heteroatoms. The Balaban J connectivity index is 2.00. The van der Waals surface area contributed by atoms with Crippen LogP contribution in [0.1, 0.15) is 45.5 Å². The zero-order chi connectivity index (χ0) is 19.1. The van der Waals surface area contributed by atoms with Crippen molar-refractivity contribution in [1.29, 1.82) is 0 Å². The SMILES string of the molecule is CCNC(=NCc1cc(C(=O)OC)c(C)o1)NC(C)Cc1ccc(C)s1. The number of methoxy groups -OCH3 is 1. The van der Waals surface area contributed by atoms with Gasteiger partial charge in [0, 0.05) is 28.8 Å². The number of guanidine groups is 1. The van der Waals surface area contributed by atoms with Crippen LogP contribution in [0.2, 0.25) is 0 Å². The molecule has 0 aliphatic heterocycles. The third-order valence-corrected chi connectivity index (χ3v) is 4.82. The highest BCUT2D eigenvalue weighted by Crippen LogP contribution is 2.17. The molecular weight excluding hydrogens is 350 g/mol. The topological polar surface area (TPSA) is 75.9 Å². The average Bonchev–Trinajstić information content (AvgIpc) is 3.17. The molecular formula is C19H27N3O3S.